The van der Waals surface area contributed by atoms with Crippen LogP contribution in [0.3, 0.4) is 0 Å². The first-order valence-corrected chi connectivity index (χ1v) is 3.36. The van der Waals surface area contributed by atoms with Crippen molar-refractivity contribution >= 4 is 6.29 Å². The molecule has 1 saturated carbocycles. The van der Waals surface area contributed by atoms with Gasteiger partial charge in [0.15, 0.2) is 0 Å². The van der Waals surface area contributed by atoms with Crippen LogP contribution in [0, 0.1) is 5.92 Å². The standard InChI is InChI=1S/C7H12O2/c1-9-7(5-8)6-3-2-4-6/h5-7H,2-4H2,1H3. The molecule has 0 amide bonds. The first-order valence-electron chi connectivity index (χ1n) is 3.36. The molecule has 1 fully saturated rings. The minimum Gasteiger partial charge on any atom is -0.374 e. The number of methoxy groups -OCH3 is 1. The molecule has 52 valence electrons. The number of hydrogen-bond donors (Lipinski definition) is 0. The number of carbonyl (C=O) groups is 1. The van der Waals surface area contributed by atoms with Gasteiger partial charge in [-0.2, -0.15) is 0 Å². The highest BCUT2D eigenvalue weighted by molar-refractivity contribution is 5.56. The Labute approximate surface area is 55.2 Å². The Balaban J connectivity index is 2.27. The number of ether oxygens (including phenoxy) is 1. The van der Waals surface area contributed by atoms with Gasteiger partial charge in [-0.15, -0.1) is 0 Å². The van der Waals surface area contributed by atoms with Crippen LogP contribution < -0.4 is 0 Å². The SMILES string of the molecule is COC(C=O)C1CCC1. The molecule has 0 N–H and O–H groups in total. The summed E-state index contributed by atoms with van der Waals surface area (Å²) in [6.07, 6.45) is 4.37. The second-order valence-electron chi connectivity index (χ2n) is 2.53. The van der Waals surface area contributed by atoms with Gasteiger partial charge in [0.2, 0.25) is 0 Å². The molecule has 0 aromatic heterocycles. The van der Waals surface area contributed by atoms with Gasteiger partial charge in [0, 0.05) is 7.11 Å². The number of carbonyl (C=O) groups excluding carboxylic acids is 1. The highest BCUT2D eigenvalue weighted by atomic mass is 16.5. The third-order valence-electron chi connectivity index (χ3n) is 2.02. The van der Waals surface area contributed by atoms with E-state index in [4.69, 9.17) is 4.74 Å². The third kappa shape index (κ3) is 1.30. The van der Waals surface area contributed by atoms with Gasteiger partial charge < -0.3 is 9.53 Å². The lowest BCUT2D eigenvalue weighted by atomic mass is 9.81. The molecule has 0 aromatic carbocycles. The highest BCUT2D eigenvalue weighted by Gasteiger charge is 2.26. The largest absolute Gasteiger partial charge is 0.374 e. The second kappa shape index (κ2) is 2.97. The van der Waals surface area contributed by atoms with Gasteiger partial charge in [0.1, 0.15) is 12.4 Å². The van der Waals surface area contributed by atoms with Crippen molar-refractivity contribution in [2.45, 2.75) is 25.4 Å². The zero-order chi connectivity index (χ0) is 6.69. The molecule has 1 aliphatic carbocycles. The Bertz CT molecular complexity index is 97.1. The van der Waals surface area contributed by atoms with E-state index in [1.165, 1.54) is 6.42 Å². The quantitative estimate of drug-likeness (QED) is 0.530. The van der Waals surface area contributed by atoms with Crippen LogP contribution in [-0.2, 0) is 9.53 Å². The van der Waals surface area contributed by atoms with E-state index in [2.05, 4.69) is 0 Å². The van der Waals surface area contributed by atoms with Crippen LogP contribution in [0.15, 0.2) is 0 Å². The minimum absolute atomic E-state index is 0.126. The molecule has 0 saturated heterocycles. The molecule has 2 nitrogen and oxygen atoms in total. The van der Waals surface area contributed by atoms with Crippen LogP contribution in [0.4, 0.5) is 0 Å². The predicted octanol–water partition coefficient (Wildman–Crippen LogP) is 1.00. The van der Waals surface area contributed by atoms with Crippen molar-refractivity contribution in [2.75, 3.05) is 7.11 Å². The van der Waals surface area contributed by atoms with Crippen molar-refractivity contribution in [3.05, 3.63) is 0 Å². The van der Waals surface area contributed by atoms with Gasteiger partial charge in [0.05, 0.1) is 0 Å². The van der Waals surface area contributed by atoms with Crippen LogP contribution in [-0.4, -0.2) is 19.5 Å². The average Bonchev–Trinajstić information content (AvgIpc) is 1.78. The van der Waals surface area contributed by atoms with Crippen molar-refractivity contribution in [3.63, 3.8) is 0 Å². The summed E-state index contributed by atoms with van der Waals surface area (Å²) in [5.41, 5.74) is 0. The molecular weight excluding hydrogens is 116 g/mol. The van der Waals surface area contributed by atoms with Gasteiger partial charge in [-0.25, -0.2) is 0 Å². The molecule has 0 aliphatic heterocycles. The lowest BCUT2D eigenvalue weighted by Crippen LogP contribution is -2.29. The molecule has 1 atom stereocenters. The van der Waals surface area contributed by atoms with Gasteiger partial charge in [-0.3, -0.25) is 0 Å². The van der Waals surface area contributed by atoms with Crippen molar-refractivity contribution < 1.29 is 9.53 Å². The molecule has 0 spiro atoms. The fraction of sp³-hybridized carbons (Fsp3) is 0.857. The Morgan fingerprint density at radius 2 is 2.33 bits per heavy atom. The summed E-state index contributed by atoms with van der Waals surface area (Å²) in [5.74, 6) is 0.521. The van der Waals surface area contributed by atoms with Crippen molar-refractivity contribution in [3.8, 4) is 0 Å². The number of aldehydes is 1. The fourth-order valence-corrected chi connectivity index (χ4v) is 1.13. The van der Waals surface area contributed by atoms with E-state index in [1.54, 1.807) is 7.11 Å². The van der Waals surface area contributed by atoms with Crippen LogP contribution >= 0.6 is 0 Å². The first-order chi connectivity index (χ1) is 4.38. The van der Waals surface area contributed by atoms with Crippen molar-refractivity contribution in [2.24, 2.45) is 5.92 Å². The van der Waals surface area contributed by atoms with Crippen LogP contribution in [0.25, 0.3) is 0 Å². The summed E-state index contributed by atoms with van der Waals surface area (Å²) in [6, 6.07) is 0. The maximum absolute atomic E-state index is 10.2. The predicted molar refractivity (Wildman–Crippen MR) is 34.2 cm³/mol. The van der Waals surface area contributed by atoms with E-state index in [9.17, 15) is 4.79 Å². The minimum atomic E-state index is -0.126. The lowest BCUT2D eigenvalue weighted by molar-refractivity contribution is -0.121. The summed E-state index contributed by atoms with van der Waals surface area (Å²) in [5, 5.41) is 0. The molecule has 1 aliphatic rings. The molecular formula is C7H12O2. The van der Waals surface area contributed by atoms with Gasteiger partial charge in [-0.1, -0.05) is 6.42 Å². The van der Waals surface area contributed by atoms with Crippen LogP contribution in [0.5, 0.6) is 0 Å². The van der Waals surface area contributed by atoms with E-state index in [1.807, 2.05) is 0 Å². The Morgan fingerprint density at radius 1 is 1.67 bits per heavy atom. The zero-order valence-electron chi connectivity index (χ0n) is 5.67. The third-order valence-corrected chi connectivity index (χ3v) is 2.02. The monoisotopic (exact) mass is 128 g/mol. The van der Waals surface area contributed by atoms with Crippen molar-refractivity contribution in [1.29, 1.82) is 0 Å². The summed E-state index contributed by atoms with van der Waals surface area (Å²) in [6.45, 7) is 0. The lowest BCUT2D eigenvalue weighted by Gasteiger charge is -2.28. The number of rotatable bonds is 3. The van der Waals surface area contributed by atoms with E-state index >= 15 is 0 Å². The molecule has 0 aromatic rings. The van der Waals surface area contributed by atoms with E-state index in [-0.39, 0.29) is 6.10 Å². The molecule has 0 heterocycles. The topological polar surface area (TPSA) is 26.3 Å². The molecule has 1 unspecified atom stereocenters. The van der Waals surface area contributed by atoms with E-state index in [0.717, 1.165) is 19.1 Å². The highest BCUT2D eigenvalue weighted by Crippen LogP contribution is 2.29. The Kier molecular flexibility index (Phi) is 2.22. The maximum Gasteiger partial charge on any atom is 0.149 e. The molecule has 2 heteroatoms. The van der Waals surface area contributed by atoms with Gasteiger partial charge in [0.25, 0.3) is 0 Å². The molecule has 9 heavy (non-hydrogen) atoms. The van der Waals surface area contributed by atoms with E-state index < -0.39 is 0 Å². The average molecular weight is 128 g/mol. The zero-order valence-corrected chi connectivity index (χ0v) is 5.67. The fourth-order valence-electron chi connectivity index (χ4n) is 1.13. The summed E-state index contributed by atoms with van der Waals surface area (Å²) < 4.78 is 4.94. The van der Waals surface area contributed by atoms with Crippen LogP contribution in [0.1, 0.15) is 19.3 Å². The van der Waals surface area contributed by atoms with E-state index in [0.29, 0.717) is 5.92 Å². The number of hydrogen-bond acceptors (Lipinski definition) is 2. The first kappa shape index (κ1) is 6.75. The maximum atomic E-state index is 10.2. The normalized spacial score (nSPS) is 22.8. The summed E-state index contributed by atoms with van der Waals surface area (Å²) in [7, 11) is 1.59. The Morgan fingerprint density at radius 3 is 2.44 bits per heavy atom. The second-order valence-corrected chi connectivity index (χ2v) is 2.53. The smallest absolute Gasteiger partial charge is 0.149 e. The van der Waals surface area contributed by atoms with Crippen molar-refractivity contribution in [1.82, 2.24) is 0 Å². The van der Waals surface area contributed by atoms with Gasteiger partial charge >= 0.3 is 0 Å². The summed E-state index contributed by atoms with van der Waals surface area (Å²) >= 11 is 0. The van der Waals surface area contributed by atoms with Gasteiger partial charge in [-0.05, 0) is 18.8 Å². The molecule has 0 radical (unpaired) electrons. The Hall–Kier alpha value is -0.370. The molecule has 1 rings (SSSR count). The van der Waals surface area contributed by atoms with Crippen LogP contribution in [0.2, 0.25) is 0 Å². The summed E-state index contributed by atoms with van der Waals surface area (Å²) in [4.78, 5) is 10.2. The molecule has 0 bridgehead atoms.